The van der Waals surface area contributed by atoms with Crippen LogP contribution in [0.3, 0.4) is 0 Å². The Morgan fingerprint density at radius 2 is 1.75 bits per heavy atom. The minimum absolute atomic E-state index is 0.156. The molecule has 5 unspecified atom stereocenters. The highest BCUT2D eigenvalue weighted by Gasteiger charge is 2.55. The summed E-state index contributed by atoms with van der Waals surface area (Å²) in [5, 5.41) is 50.2. The zero-order chi connectivity index (χ0) is 20.5. The summed E-state index contributed by atoms with van der Waals surface area (Å²) >= 11 is 6.33. The van der Waals surface area contributed by atoms with E-state index >= 15 is 0 Å². The molecule has 1 aliphatic rings. The molecule has 7 nitrogen and oxygen atoms in total. The van der Waals surface area contributed by atoms with Crippen LogP contribution >= 0.6 is 11.6 Å². The van der Waals surface area contributed by atoms with E-state index in [1.807, 2.05) is 0 Å². The average molecular weight is 411 g/mol. The molecule has 0 aliphatic carbocycles. The van der Waals surface area contributed by atoms with E-state index in [-0.39, 0.29) is 5.75 Å². The molecule has 2 aromatic carbocycles. The van der Waals surface area contributed by atoms with Gasteiger partial charge in [0, 0.05) is 17.7 Å². The summed E-state index contributed by atoms with van der Waals surface area (Å²) in [5.74, 6) is -1.64. The minimum Gasteiger partial charge on any atom is -0.508 e. The zero-order valence-corrected chi connectivity index (χ0v) is 16.0. The van der Waals surface area contributed by atoms with Gasteiger partial charge in [0.05, 0.1) is 6.61 Å². The summed E-state index contributed by atoms with van der Waals surface area (Å²) in [6.45, 7) is -0.565. The molecule has 0 aromatic heterocycles. The second-order valence-electron chi connectivity index (χ2n) is 6.79. The van der Waals surface area contributed by atoms with Crippen molar-refractivity contribution in [1.29, 1.82) is 0 Å². The molecule has 5 atom stereocenters. The van der Waals surface area contributed by atoms with Gasteiger partial charge < -0.3 is 35.0 Å². The molecule has 1 aliphatic heterocycles. The van der Waals surface area contributed by atoms with Crippen molar-refractivity contribution in [3.05, 3.63) is 64.2 Å². The van der Waals surface area contributed by atoms with Crippen molar-refractivity contribution in [2.45, 2.75) is 36.6 Å². The topological polar surface area (TPSA) is 120 Å². The van der Waals surface area contributed by atoms with Crippen molar-refractivity contribution in [3.63, 3.8) is 0 Å². The highest BCUT2D eigenvalue weighted by atomic mass is 35.5. The van der Waals surface area contributed by atoms with Gasteiger partial charge in [0.15, 0.2) is 0 Å². The molecule has 8 heteroatoms. The first-order valence-corrected chi connectivity index (χ1v) is 9.15. The van der Waals surface area contributed by atoms with Gasteiger partial charge in [0.25, 0.3) is 0 Å². The van der Waals surface area contributed by atoms with Gasteiger partial charge in [0.1, 0.15) is 30.2 Å². The lowest BCUT2D eigenvalue weighted by Gasteiger charge is -2.47. The number of ether oxygens (including phenoxy) is 2. The lowest BCUT2D eigenvalue weighted by molar-refractivity contribution is -0.366. The van der Waals surface area contributed by atoms with Gasteiger partial charge in [-0.15, -0.1) is 0 Å². The Hall–Kier alpha value is -1.71. The maximum Gasteiger partial charge on any atom is 0.224 e. The summed E-state index contributed by atoms with van der Waals surface area (Å²) in [5.41, 5.74) is 1.99. The maximum absolute atomic E-state index is 10.6. The van der Waals surface area contributed by atoms with Gasteiger partial charge in [-0.1, -0.05) is 29.8 Å². The van der Waals surface area contributed by atoms with Crippen LogP contribution in [0.4, 0.5) is 0 Å². The molecule has 3 rings (SSSR count). The van der Waals surface area contributed by atoms with Crippen LogP contribution in [-0.4, -0.2) is 63.7 Å². The van der Waals surface area contributed by atoms with E-state index in [2.05, 4.69) is 0 Å². The standard InChI is InChI=1S/C20H23ClO7/c1-27-20(19(26)18(25)17(24)16(10-22)28-20)13-4-7-15(21)12(9-13)8-11-2-5-14(23)6-3-11/h2-7,9,16-19,22-26H,8,10H2,1H3. The number of phenolic OH excluding ortho intramolecular Hbond substituents is 1. The maximum atomic E-state index is 10.6. The molecular weight excluding hydrogens is 388 g/mol. The van der Waals surface area contributed by atoms with Gasteiger partial charge in [-0.3, -0.25) is 0 Å². The molecule has 1 heterocycles. The Balaban J connectivity index is 2.00. The third kappa shape index (κ3) is 3.75. The third-order valence-corrected chi connectivity index (χ3v) is 5.40. The Labute approximate surface area is 167 Å². The molecule has 28 heavy (non-hydrogen) atoms. The van der Waals surface area contributed by atoms with Gasteiger partial charge in [0.2, 0.25) is 5.79 Å². The van der Waals surface area contributed by atoms with Crippen LogP contribution in [-0.2, 0) is 21.7 Å². The molecule has 1 saturated heterocycles. The van der Waals surface area contributed by atoms with Gasteiger partial charge in [-0.25, -0.2) is 0 Å². The highest BCUT2D eigenvalue weighted by Crippen LogP contribution is 2.40. The fourth-order valence-electron chi connectivity index (χ4n) is 3.43. The molecular formula is C20H23ClO7. The Morgan fingerprint density at radius 3 is 2.36 bits per heavy atom. The first-order valence-electron chi connectivity index (χ1n) is 8.77. The van der Waals surface area contributed by atoms with Gasteiger partial charge in [-0.2, -0.15) is 0 Å². The van der Waals surface area contributed by atoms with E-state index < -0.39 is 36.8 Å². The van der Waals surface area contributed by atoms with Crippen molar-refractivity contribution in [2.24, 2.45) is 0 Å². The van der Waals surface area contributed by atoms with E-state index in [0.717, 1.165) is 5.56 Å². The Kier molecular flexibility index (Phi) is 6.26. The lowest BCUT2D eigenvalue weighted by atomic mass is 9.87. The molecule has 1 fully saturated rings. The van der Waals surface area contributed by atoms with Crippen LogP contribution in [0.25, 0.3) is 0 Å². The van der Waals surface area contributed by atoms with Crippen LogP contribution in [0, 0.1) is 0 Å². The first-order chi connectivity index (χ1) is 13.3. The van der Waals surface area contributed by atoms with Crippen molar-refractivity contribution in [3.8, 4) is 5.75 Å². The molecule has 0 amide bonds. The third-order valence-electron chi connectivity index (χ3n) is 5.03. The van der Waals surface area contributed by atoms with Crippen LogP contribution in [0.1, 0.15) is 16.7 Å². The number of methoxy groups -OCH3 is 1. The molecule has 0 saturated carbocycles. The molecule has 5 N–H and O–H groups in total. The van der Waals surface area contributed by atoms with Crippen LogP contribution in [0.15, 0.2) is 42.5 Å². The van der Waals surface area contributed by atoms with E-state index in [4.69, 9.17) is 21.1 Å². The molecule has 0 bridgehead atoms. The van der Waals surface area contributed by atoms with Crippen LogP contribution in [0.2, 0.25) is 5.02 Å². The number of aliphatic hydroxyl groups excluding tert-OH is 4. The van der Waals surface area contributed by atoms with Crippen molar-refractivity contribution in [2.75, 3.05) is 13.7 Å². The smallest absolute Gasteiger partial charge is 0.224 e. The SMILES string of the molecule is COC1(c2ccc(Cl)c(Cc3ccc(O)cc3)c2)OC(CO)C(O)C(O)C1O. The Bertz CT molecular complexity index is 811. The van der Waals surface area contributed by atoms with Crippen molar-refractivity contribution in [1.82, 2.24) is 0 Å². The zero-order valence-electron chi connectivity index (χ0n) is 15.2. The predicted molar refractivity (Wildman–Crippen MR) is 101 cm³/mol. The number of rotatable bonds is 5. The monoisotopic (exact) mass is 410 g/mol. The van der Waals surface area contributed by atoms with Crippen LogP contribution in [0.5, 0.6) is 5.75 Å². The highest BCUT2D eigenvalue weighted by molar-refractivity contribution is 6.31. The number of phenols is 1. The molecule has 2 aromatic rings. The fraction of sp³-hybridized carbons (Fsp3) is 0.400. The molecule has 152 valence electrons. The van der Waals surface area contributed by atoms with E-state index in [1.54, 1.807) is 42.5 Å². The summed E-state index contributed by atoms with van der Waals surface area (Å²) in [6, 6.07) is 11.6. The van der Waals surface area contributed by atoms with E-state index in [1.165, 1.54) is 7.11 Å². The number of hydrogen-bond donors (Lipinski definition) is 5. The summed E-state index contributed by atoms with van der Waals surface area (Å²) in [7, 11) is 1.30. The van der Waals surface area contributed by atoms with Crippen molar-refractivity contribution >= 4 is 11.6 Å². The summed E-state index contributed by atoms with van der Waals surface area (Å²) in [4.78, 5) is 0. The quantitative estimate of drug-likeness (QED) is 0.497. The van der Waals surface area contributed by atoms with E-state index in [9.17, 15) is 25.5 Å². The van der Waals surface area contributed by atoms with Gasteiger partial charge in [-0.05, 0) is 41.8 Å². The number of benzene rings is 2. The lowest BCUT2D eigenvalue weighted by Crippen LogP contribution is -2.64. The summed E-state index contributed by atoms with van der Waals surface area (Å²) in [6.07, 6.45) is -5.35. The second-order valence-corrected chi connectivity index (χ2v) is 7.19. The minimum atomic E-state index is -1.79. The molecule has 0 spiro atoms. The number of halogens is 1. The average Bonchev–Trinajstić information content (AvgIpc) is 2.70. The summed E-state index contributed by atoms with van der Waals surface area (Å²) < 4.78 is 11.2. The second kappa shape index (κ2) is 8.34. The number of hydrogen-bond acceptors (Lipinski definition) is 7. The van der Waals surface area contributed by atoms with Crippen LogP contribution < -0.4 is 0 Å². The number of aromatic hydroxyl groups is 1. The fourth-order valence-corrected chi connectivity index (χ4v) is 3.61. The van der Waals surface area contributed by atoms with Gasteiger partial charge >= 0.3 is 0 Å². The number of aliphatic hydroxyl groups is 4. The first kappa shape index (κ1) is 21.0. The van der Waals surface area contributed by atoms with E-state index in [0.29, 0.717) is 22.6 Å². The van der Waals surface area contributed by atoms with Crippen molar-refractivity contribution < 1.29 is 35.0 Å². The molecule has 0 radical (unpaired) electrons. The predicted octanol–water partition coefficient (Wildman–Crippen LogP) is 0.909. The normalized spacial score (nSPS) is 30.4. The Morgan fingerprint density at radius 1 is 1.07 bits per heavy atom. The largest absolute Gasteiger partial charge is 0.508 e.